The van der Waals surface area contributed by atoms with E-state index in [1.54, 1.807) is 0 Å². The Morgan fingerprint density at radius 3 is 3.06 bits per heavy atom. The Morgan fingerprint density at radius 1 is 1.53 bits per heavy atom. The average Bonchev–Trinajstić information content (AvgIpc) is 2.31. The second-order valence-electron chi connectivity index (χ2n) is 4.42. The van der Waals surface area contributed by atoms with E-state index in [0.29, 0.717) is 5.92 Å². The van der Waals surface area contributed by atoms with Gasteiger partial charge in [-0.25, -0.2) is 0 Å². The van der Waals surface area contributed by atoms with Crippen molar-refractivity contribution in [3.8, 4) is 0 Å². The van der Waals surface area contributed by atoms with Crippen LogP contribution >= 0.6 is 27.5 Å². The monoisotopic (exact) mass is 317 g/mol. The first kappa shape index (κ1) is 13.3. The Hall–Kier alpha value is -0.0900. The van der Waals surface area contributed by atoms with Gasteiger partial charge in [0.25, 0.3) is 0 Å². The van der Waals surface area contributed by atoms with Crippen molar-refractivity contribution < 1.29 is 4.74 Å². The minimum atomic E-state index is 0.122. The van der Waals surface area contributed by atoms with Gasteiger partial charge in [-0.15, -0.1) is 0 Å². The number of nitrogens with one attached hydrogen (secondary N) is 1. The Bertz CT molecular complexity index is 384. The van der Waals surface area contributed by atoms with Crippen LogP contribution in [0.1, 0.15) is 24.5 Å². The topological polar surface area (TPSA) is 21.3 Å². The molecule has 1 saturated heterocycles. The number of rotatable bonds is 3. The van der Waals surface area contributed by atoms with Crippen LogP contribution in [0.3, 0.4) is 0 Å². The fourth-order valence-corrected chi connectivity index (χ4v) is 3.17. The molecule has 2 nitrogen and oxygen atoms in total. The first-order chi connectivity index (χ1) is 8.22. The van der Waals surface area contributed by atoms with Crippen molar-refractivity contribution in [2.75, 3.05) is 20.2 Å². The molecule has 0 bridgehead atoms. The predicted octanol–water partition coefficient (Wildman–Crippen LogP) is 3.79. The smallest absolute Gasteiger partial charge is 0.0879 e. The van der Waals surface area contributed by atoms with Crippen molar-refractivity contribution in [1.82, 2.24) is 5.32 Å². The molecule has 0 radical (unpaired) electrons. The van der Waals surface area contributed by atoms with Gasteiger partial charge in [-0.05, 0) is 37.6 Å². The number of halogens is 2. The van der Waals surface area contributed by atoms with Crippen LogP contribution in [0, 0.1) is 5.92 Å². The predicted molar refractivity (Wildman–Crippen MR) is 74.5 cm³/mol. The van der Waals surface area contributed by atoms with E-state index in [9.17, 15) is 0 Å². The molecule has 2 rings (SSSR count). The highest BCUT2D eigenvalue weighted by molar-refractivity contribution is 9.10. The Kier molecular flexibility index (Phi) is 4.86. The average molecular weight is 319 g/mol. The van der Waals surface area contributed by atoms with Crippen molar-refractivity contribution in [2.24, 2.45) is 5.92 Å². The quantitative estimate of drug-likeness (QED) is 0.915. The lowest BCUT2D eigenvalue weighted by Gasteiger charge is -2.32. The third-order valence-electron chi connectivity index (χ3n) is 3.18. The molecular formula is C13H17BrClNO. The third-order valence-corrected chi connectivity index (χ3v) is 4.00. The molecular weight excluding hydrogens is 302 g/mol. The van der Waals surface area contributed by atoms with E-state index in [1.807, 2.05) is 19.2 Å². The van der Waals surface area contributed by atoms with Crippen molar-refractivity contribution in [3.63, 3.8) is 0 Å². The maximum atomic E-state index is 6.30. The first-order valence-electron chi connectivity index (χ1n) is 5.93. The van der Waals surface area contributed by atoms with Gasteiger partial charge in [-0.1, -0.05) is 33.6 Å². The molecule has 94 valence electrons. The molecule has 17 heavy (non-hydrogen) atoms. The summed E-state index contributed by atoms with van der Waals surface area (Å²) in [5.41, 5.74) is 1.11. The second kappa shape index (κ2) is 6.19. The SMILES string of the molecule is CNCC1CCCOC1c1ccc(Br)cc1Cl. The van der Waals surface area contributed by atoms with Crippen LogP contribution in [0.5, 0.6) is 0 Å². The number of hydrogen-bond acceptors (Lipinski definition) is 2. The molecule has 4 heteroatoms. The normalized spacial score (nSPS) is 24.9. The molecule has 0 aromatic heterocycles. The van der Waals surface area contributed by atoms with Gasteiger partial charge in [0.05, 0.1) is 6.10 Å². The van der Waals surface area contributed by atoms with Gasteiger partial charge in [-0.2, -0.15) is 0 Å². The highest BCUT2D eigenvalue weighted by Gasteiger charge is 2.28. The molecule has 1 aliphatic rings. The lowest BCUT2D eigenvalue weighted by atomic mass is 9.89. The molecule has 1 aliphatic heterocycles. The standard InChI is InChI=1S/C13H17BrClNO/c1-16-8-9-3-2-6-17-13(9)11-5-4-10(14)7-12(11)15/h4-5,7,9,13,16H,2-3,6,8H2,1H3. The second-order valence-corrected chi connectivity index (χ2v) is 5.74. The highest BCUT2D eigenvalue weighted by atomic mass is 79.9. The minimum Gasteiger partial charge on any atom is -0.373 e. The number of benzene rings is 1. The summed E-state index contributed by atoms with van der Waals surface area (Å²) in [5, 5.41) is 4.02. The summed E-state index contributed by atoms with van der Waals surface area (Å²) in [6, 6.07) is 6.02. The molecule has 0 aliphatic carbocycles. The van der Waals surface area contributed by atoms with E-state index in [-0.39, 0.29) is 6.10 Å². The molecule has 1 N–H and O–H groups in total. The molecule has 1 aromatic carbocycles. The van der Waals surface area contributed by atoms with E-state index in [1.165, 1.54) is 6.42 Å². The van der Waals surface area contributed by atoms with Gasteiger partial charge in [-0.3, -0.25) is 0 Å². The largest absolute Gasteiger partial charge is 0.373 e. The maximum absolute atomic E-state index is 6.30. The van der Waals surface area contributed by atoms with Crippen LogP contribution in [0.25, 0.3) is 0 Å². The van der Waals surface area contributed by atoms with Crippen LogP contribution in [-0.2, 0) is 4.74 Å². The third kappa shape index (κ3) is 3.22. The van der Waals surface area contributed by atoms with E-state index in [4.69, 9.17) is 16.3 Å². The van der Waals surface area contributed by atoms with Gasteiger partial charge >= 0.3 is 0 Å². The summed E-state index contributed by atoms with van der Waals surface area (Å²) in [4.78, 5) is 0. The van der Waals surface area contributed by atoms with Gasteiger partial charge in [0.1, 0.15) is 0 Å². The zero-order valence-corrected chi connectivity index (χ0v) is 12.2. The summed E-state index contributed by atoms with van der Waals surface area (Å²) in [5.74, 6) is 0.507. The van der Waals surface area contributed by atoms with Gasteiger partial charge in [0.2, 0.25) is 0 Å². The lowest BCUT2D eigenvalue weighted by Crippen LogP contribution is -2.30. The molecule has 1 fully saturated rings. The minimum absolute atomic E-state index is 0.122. The lowest BCUT2D eigenvalue weighted by molar-refractivity contribution is -0.0271. The van der Waals surface area contributed by atoms with E-state index >= 15 is 0 Å². The molecule has 2 unspecified atom stereocenters. The zero-order chi connectivity index (χ0) is 12.3. The van der Waals surface area contributed by atoms with Crippen LogP contribution < -0.4 is 5.32 Å². The molecule has 0 spiro atoms. The Balaban J connectivity index is 2.23. The summed E-state index contributed by atoms with van der Waals surface area (Å²) >= 11 is 9.73. The maximum Gasteiger partial charge on any atom is 0.0879 e. The number of ether oxygens (including phenoxy) is 1. The van der Waals surface area contributed by atoms with E-state index in [2.05, 4.69) is 27.3 Å². The van der Waals surface area contributed by atoms with E-state index < -0.39 is 0 Å². The fourth-order valence-electron chi connectivity index (χ4n) is 2.39. The summed E-state index contributed by atoms with van der Waals surface area (Å²) in [7, 11) is 1.98. The summed E-state index contributed by atoms with van der Waals surface area (Å²) < 4.78 is 6.92. The Morgan fingerprint density at radius 2 is 2.35 bits per heavy atom. The van der Waals surface area contributed by atoms with Crippen LogP contribution in [0.2, 0.25) is 5.02 Å². The van der Waals surface area contributed by atoms with Crippen molar-refractivity contribution >= 4 is 27.5 Å². The molecule has 0 amide bonds. The Labute approximate surface area is 116 Å². The van der Waals surface area contributed by atoms with Crippen LogP contribution in [0.4, 0.5) is 0 Å². The van der Waals surface area contributed by atoms with Gasteiger partial charge in [0, 0.05) is 28.6 Å². The van der Waals surface area contributed by atoms with Crippen molar-refractivity contribution in [2.45, 2.75) is 18.9 Å². The fraction of sp³-hybridized carbons (Fsp3) is 0.538. The summed E-state index contributed by atoms with van der Waals surface area (Å²) in [6.07, 6.45) is 2.45. The first-order valence-corrected chi connectivity index (χ1v) is 7.10. The molecule has 1 heterocycles. The van der Waals surface area contributed by atoms with Crippen molar-refractivity contribution in [3.05, 3.63) is 33.3 Å². The van der Waals surface area contributed by atoms with Gasteiger partial charge in [0.15, 0.2) is 0 Å². The van der Waals surface area contributed by atoms with Crippen LogP contribution in [-0.4, -0.2) is 20.2 Å². The van der Waals surface area contributed by atoms with Gasteiger partial charge < -0.3 is 10.1 Å². The number of hydrogen-bond donors (Lipinski definition) is 1. The molecule has 0 saturated carbocycles. The molecule has 2 atom stereocenters. The highest BCUT2D eigenvalue weighted by Crippen LogP contribution is 2.37. The van der Waals surface area contributed by atoms with Crippen LogP contribution in [0.15, 0.2) is 22.7 Å². The van der Waals surface area contributed by atoms with Crippen molar-refractivity contribution in [1.29, 1.82) is 0 Å². The van der Waals surface area contributed by atoms with E-state index in [0.717, 1.165) is 34.6 Å². The zero-order valence-electron chi connectivity index (χ0n) is 9.88. The summed E-state index contributed by atoms with van der Waals surface area (Å²) in [6.45, 7) is 1.80. The molecule has 1 aromatic rings.